The van der Waals surface area contributed by atoms with Gasteiger partial charge in [-0.15, -0.1) is 0 Å². The lowest BCUT2D eigenvalue weighted by molar-refractivity contribution is 0.153. The summed E-state index contributed by atoms with van der Waals surface area (Å²) in [5.74, 6) is 0.735. The topological polar surface area (TPSA) is 46.5 Å². The van der Waals surface area contributed by atoms with E-state index in [-0.39, 0.29) is 0 Å². The summed E-state index contributed by atoms with van der Waals surface area (Å²) in [5, 5.41) is 8.15. The van der Waals surface area contributed by atoms with Gasteiger partial charge < -0.3 is 9.29 Å². The summed E-state index contributed by atoms with van der Waals surface area (Å²) >= 11 is 0.873. The van der Waals surface area contributed by atoms with Crippen LogP contribution in [-0.2, 0) is 9.94 Å². The highest BCUT2D eigenvalue weighted by Gasteiger charge is 1.98. The fourth-order valence-corrected chi connectivity index (χ4v) is 2.07. The molecule has 3 nitrogen and oxygen atoms in total. The Bertz CT molecular complexity index is 263. The first-order chi connectivity index (χ1) is 6.29. The quantitative estimate of drug-likeness (QED) is 0.476. The molecule has 1 aromatic carbocycles. The number of hydrogen-bond acceptors (Lipinski definition) is 4. The fourth-order valence-electron chi connectivity index (χ4n) is 0.719. The smallest absolute Gasteiger partial charge is 0.449 e. The second-order valence-electron chi connectivity index (χ2n) is 2.17. The van der Waals surface area contributed by atoms with Crippen molar-refractivity contribution in [1.29, 1.82) is 0 Å². The average Bonchev–Trinajstić information content (AvgIpc) is 2.14. The summed E-state index contributed by atoms with van der Waals surface area (Å²) in [4.78, 5) is 9.95. The van der Waals surface area contributed by atoms with Crippen molar-refractivity contribution in [3.63, 3.8) is 0 Å². The van der Waals surface area contributed by atoms with Crippen molar-refractivity contribution in [3.05, 3.63) is 35.9 Å². The zero-order valence-electron chi connectivity index (χ0n) is 6.67. The molecule has 0 saturated carbocycles. The minimum absolute atomic E-state index is 0.735. The predicted octanol–water partition coefficient (Wildman–Crippen LogP) is 3.18. The second-order valence-corrected chi connectivity index (χ2v) is 4.11. The third-order valence-electron chi connectivity index (χ3n) is 1.22. The lowest BCUT2D eigenvalue weighted by Crippen LogP contribution is -1.89. The van der Waals surface area contributed by atoms with E-state index in [0.717, 1.165) is 22.4 Å². The fraction of sp³-hybridized carbons (Fsp3) is 0.125. The highest BCUT2D eigenvalue weighted by atomic mass is 33.1. The van der Waals surface area contributed by atoms with Gasteiger partial charge in [0.15, 0.2) is 0 Å². The number of carboxylic acid groups (broad SMARTS) is 1. The molecule has 0 radical (unpaired) electrons. The molecule has 0 atom stereocenters. The van der Waals surface area contributed by atoms with Crippen LogP contribution >= 0.6 is 21.9 Å². The van der Waals surface area contributed by atoms with Gasteiger partial charge in [0.2, 0.25) is 0 Å². The van der Waals surface area contributed by atoms with Crippen molar-refractivity contribution in [2.75, 3.05) is 0 Å². The minimum atomic E-state index is -1.26. The van der Waals surface area contributed by atoms with Gasteiger partial charge in [-0.25, -0.2) is 4.79 Å². The maximum atomic E-state index is 9.95. The molecule has 1 rings (SSSR count). The van der Waals surface area contributed by atoms with E-state index in [0.29, 0.717) is 0 Å². The summed E-state index contributed by atoms with van der Waals surface area (Å²) in [6.45, 7) is 0. The van der Waals surface area contributed by atoms with Crippen LogP contribution in [0.5, 0.6) is 0 Å². The van der Waals surface area contributed by atoms with E-state index in [9.17, 15) is 4.79 Å². The van der Waals surface area contributed by atoms with Crippen LogP contribution in [0.2, 0.25) is 0 Å². The Morgan fingerprint density at radius 1 is 1.38 bits per heavy atom. The third kappa shape index (κ3) is 4.69. The first-order valence-electron chi connectivity index (χ1n) is 3.52. The van der Waals surface area contributed by atoms with E-state index < -0.39 is 6.16 Å². The van der Waals surface area contributed by atoms with Gasteiger partial charge in [-0.1, -0.05) is 30.3 Å². The van der Waals surface area contributed by atoms with Gasteiger partial charge in [0.05, 0.1) is 0 Å². The van der Waals surface area contributed by atoms with Gasteiger partial charge in [0, 0.05) is 5.75 Å². The average molecular weight is 216 g/mol. The summed E-state index contributed by atoms with van der Waals surface area (Å²) in [6, 6.07) is 9.79. The molecule has 0 unspecified atom stereocenters. The van der Waals surface area contributed by atoms with Crippen LogP contribution in [0.3, 0.4) is 0 Å². The van der Waals surface area contributed by atoms with Crippen LogP contribution in [0.25, 0.3) is 0 Å². The Balaban J connectivity index is 2.17. The number of carbonyl (C=O) groups is 1. The van der Waals surface area contributed by atoms with Crippen LogP contribution in [0, 0.1) is 0 Å². The third-order valence-corrected chi connectivity index (χ3v) is 2.83. The lowest BCUT2D eigenvalue weighted by atomic mass is 10.2. The maximum Gasteiger partial charge on any atom is 0.519 e. The normalized spacial score (nSPS) is 9.54. The van der Waals surface area contributed by atoms with Crippen molar-refractivity contribution < 1.29 is 14.1 Å². The monoisotopic (exact) mass is 216 g/mol. The standard InChI is InChI=1S/C8H8O3S2/c9-8(10)11-13-12-6-7-4-2-1-3-5-7/h1-5H,6H2,(H,9,10). The molecule has 0 saturated heterocycles. The van der Waals surface area contributed by atoms with Crippen molar-refractivity contribution in [2.45, 2.75) is 5.75 Å². The zero-order valence-corrected chi connectivity index (χ0v) is 8.31. The van der Waals surface area contributed by atoms with E-state index in [4.69, 9.17) is 5.11 Å². The Hall–Kier alpha value is -0.810. The highest BCUT2D eigenvalue weighted by Crippen LogP contribution is 2.26. The molecule has 0 fully saturated rings. The Labute approximate surface area is 84.1 Å². The molecule has 0 aromatic heterocycles. The first-order valence-corrected chi connectivity index (χ1v) is 5.76. The summed E-state index contributed by atoms with van der Waals surface area (Å²) in [6.07, 6.45) is -1.26. The number of rotatable bonds is 4. The zero-order chi connectivity index (χ0) is 9.52. The van der Waals surface area contributed by atoms with Crippen LogP contribution < -0.4 is 0 Å². The van der Waals surface area contributed by atoms with Crippen molar-refractivity contribution in [1.82, 2.24) is 0 Å². The van der Waals surface area contributed by atoms with Crippen molar-refractivity contribution in [2.24, 2.45) is 0 Å². The summed E-state index contributed by atoms with van der Waals surface area (Å²) in [5.41, 5.74) is 1.15. The van der Waals surface area contributed by atoms with E-state index in [1.54, 1.807) is 0 Å². The van der Waals surface area contributed by atoms with Crippen LogP contribution in [0.15, 0.2) is 30.3 Å². The molecule has 1 N–H and O–H groups in total. The van der Waals surface area contributed by atoms with E-state index in [1.165, 1.54) is 10.8 Å². The van der Waals surface area contributed by atoms with E-state index in [2.05, 4.69) is 4.18 Å². The molecule has 0 bridgehead atoms. The summed E-state index contributed by atoms with van der Waals surface area (Å²) < 4.78 is 4.26. The number of benzene rings is 1. The molecule has 0 aliphatic carbocycles. The largest absolute Gasteiger partial charge is 0.519 e. The van der Waals surface area contributed by atoms with Gasteiger partial charge in [0.25, 0.3) is 0 Å². The number of hydrogen-bond donors (Lipinski definition) is 1. The molecule has 1 aromatic rings. The minimum Gasteiger partial charge on any atom is -0.449 e. The second kappa shape index (κ2) is 5.77. The highest BCUT2D eigenvalue weighted by molar-refractivity contribution is 8.74. The van der Waals surface area contributed by atoms with Gasteiger partial charge >= 0.3 is 6.16 Å². The van der Waals surface area contributed by atoms with Crippen molar-refractivity contribution in [3.8, 4) is 0 Å². The summed E-state index contributed by atoms with van der Waals surface area (Å²) in [7, 11) is 1.35. The Kier molecular flexibility index (Phi) is 4.56. The molecule has 0 heterocycles. The van der Waals surface area contributed by atoms with Crippen LogP contribution in [0.1, 0.15) is 5.56 Å². The molecular weight excluding hydrogens is 208 g/mol. The molecule has 0 spiro atoms. The maximum absolute atomic E-state index is 9.95. The van der Waals surface area contributed by atoms with Gasteiger partial charge in [-0.3, -0.25) is 0 Å². The molecule has 13 heavy (non-hydrogen) atoms. The van der Waals surface area contributed by atoms with Crippen LogP contribution in [0.4, 0.5) is 4.79 Å². The van der Waals surface area contributed by atoms with Crippen LogP contribution in [-0.4, -0.2) is 11.3 Å². The van der Waals surface area contributed by atoms with Gasteiger partial charge in [-0.05, 0) is 16.4 Å². The van der Waals surface area contributed by atoms with Gasteiger partial charge in [0.1, 0.15) is 11.1 Å². The molecular formula is C8H8O3S2. The van der Waals surface area contributed by atoms with E-state index >= 15 is 0 Å². The Morgan fingerprint density at radius 2 is 2.08 bits per heavy atom. The molecule has 0 aliphatic heterocycles. The molecule has 0 aliphatic rings. The Morgan fingerprint density at radius 3 is 2.69 bits per heavy atom. The van der Waals surface area contributed by atoms with Gasteiger partial charge in [-0.2, -0.15) is 0 Å². The molecule has 70 valence electrons. The van der Waals surface area contributed by atoms with E-state index in [1.807, 2.05) is 30.3 Å². The molecule has 5 heteroatoms. The predicted molar refractivity (Wildman–Crippen MR) is 54.4 cm³/mol. The van der Waals surface area contributed by atoms with Crippen molar-refractivity contribution >= 4 is 28.0 Å². The lowest BCUT2D eigenvalue weighted by Gasteiger charge is -1.98. The first kappa shape index (κ1) is 10.3. The molecule has 0 amide bonds. The SMILES string of the molecule is O=C(O)OSSCc1ccccc1.